The van der Waals surface area contributed by atoms with E-state index < -0.39 is 5.91 Å². The third-order valence-corrected chi connectivity index (χ3v) is 2.77. The molecule has 0 bridgehead atoms. The van der Waals surface area contributed by atoms with Crippen LogP contribution in [0.1, 0.15) is 12.5 Å². The van der Waals surface area contributed by atoms with Crippen molar-refractivity contribution in [3.63, 3.8) is 0 Å². The number of nitrogens with two attached hydrogens (primary N) is 1. The summed E-state index contributed by atoms with van der Waals surface area (Å²) < 4.78 is 0. The van der Waals surface area contributed by atoms with Crippen LogP contribution in [0.25, 0.3) is 16.5 Å². The van der Waals surface area contributed by atoms with Gasteiger partial charge in [0, 0.05) is 5.56 Å². The fourth-order valence-corrected chi connectivity index (χ4v) is 1.75. The van der Waals surface area contributed by atoms with Gasteiger partial charge in [-0.05, 0) is 17.7 Å². The lowest BCUT2D eigenvalue weighted by atomic mass is 10.0. The van der Waals surface area contributed by atoms with Gasteiger partial charge in [-0.2, -0.15) is 0 Å². The Hall–Kier alpha value is -2.29. The second-order valence-electron chi connectivity index (χ2n) is 3.86. The van der Waals surface area contributed by atoms with Gasteiger partial charge in [0.15, 0.2) is 0 Å². The number of amides is 1. The molecule has 0 radical (unpaired) electrons. The molecule has 86 valence electrons. The molecule has 0 atom stereocenters. The Bertz CT molecular complexity index is 609. The van der Waals surface area contributed by atoms with Crippen LogP contribution < -0.4 is 5.73 Å². The van der Waals surface area contributed by atoms with Gasteiger partial charge >= 0.3 is 0 Å². The van der Waals surface area contributed by atoms with Crippen molar-refractivity contribution in [2.24, 2.45) is 5.73 Å². The Morgan fingerprint density at radius 3 is 2.47 bits per heavy atom. The van der Waals surface area contributed by atoms with Crippen molar-refractivity contribution in [3.8, 4) is 0 Å². The molecule has 0 saturated heterocycles. The molecule has 1 amide bonds. The summed E-state index contributed by atoms with van der Waals surface area (Å²) in [6.07, 6.45) is 0. The number of carbonyl (C=O) groups excluding carboxylic acids is 1. The van der Waals surface area contributed by atoms with E-state index >= 15 is 0 Å². The third kappa shape index (κ3) is 1.99. The second-order valence-corrected chi connectivity index (χ2v) is 3.86. The highest BCUT2D eigenvalue weighted by molar-refractivity contribution is 6.02. The van der Waals surface area contributed by atoms with Crippen LogP contribution in [0.4, 0.5) is 0 Å². The lowest BCUT2D eigenvalue weighted by Gasteiger charge is -2.07. The molecular formula is C14H13NO2. The number of hydrogen-bond donors (Lipinski definition) is 2. The summed E-state index contributed by atoms with van der Waals surface area (Å²) in [5, 5.41) is 11.9. The summed E-state index contributed by atoms with van der Waals surface area (Å²) in [6.45, 7) is 1.51. The van der Waals surface area contributed by atoms with Crippen LogP contribution >= 0.6 is 0 Å². The summed E-state index contributed by atoms with van der Waals surface area (Å²) in [5.41, 5.74) is 5.95. The molecule has 0 aliphatic carbocycles. The van der Waals surface area contributed by atoms with Crippen molar-refractivity contribution in [3.05, 3.63) is 53.6 Å². The minimum Gasteiger partial charge on any atom is -0.507 e. The Morgan fingerprint density at radius 1 is 1.12 bits per heavy atom. The van der Waals surface area contributed by atoms with Gasteiger partial charge in [0.2, 0.25) is 5.91 Å². The quantitative estimate of drug-likeness (QED) is 0.612. The average molecular weight is 227 g/mol. The molecule has 2 aromatic rings. The zero-order valence-corrected chi connectivity index (χ0v) is 9.47. The van der Waals surface area contributed by atoms with E-state index in [2.05, 4.69) is 0 Å². The monoisotopic (exact) mass is 227 g/mol. The largest absolute Gasteiger partial charge is 0.507 e. The smallest absolute Gasteiger partial charge is 0.248 e. The number of hydrogen-bond acceptors (Lipinski definition) is 2. The lowest BCUT2D eigenvalue weighted by molar-refractivity contribution is -0.114. The molecule has 0 unspecified atom stereocenters. The highest BCUT2D eigenvalue weighted by Crippen LogP contribution is 2.25. The summed E-state index contributed by atoms with van der Waals surface area (Å²) in [4.78, 5) is 11.1. The summed E-state index contributed by atoms with van der Waals surface area (Å²) in [5.74, 6) is -0.676. The summed E-state index contributed by atoms with van der Waals surface area (Å²) in [6, 6.07) is 13.2. The fourth-order valence-electron chi connectivity index (χ4n) is 1.75. The molecular weight excluding hydrogens is 214 g/mol. The average Bonchev–Trinajstić information content (AvgIpc) is 2.36. The van der Waals surface area contributed by atoms with Crippen molar-refractivity contribution < 1.29 is 9.90 Å². The molecule has 0 heterocycles. The number of aliphatic hydroxyl groups excluding tert-OH is 1. The molecule has 3 nitrogen and oxygen atoms in total. The predicted molar refractivity (Wildman–Crippen MR) is 68.4 cm³/mol. The number of primary amides is 1. The molecule has 0 aliphatic rings. The zero-order chi connectivity index (χ0) is 12.4. The minimum atomic E-state index is -0.615. The standard InChI is InChI=1S/C14H13NO2/c1-9(14(15)17)13(16)12-8-4-6-10-5-2-3-7-11(10)12/h2-8,16H,1H3,(H2,15,17). The number of carbonyl (C=O) groups is 1. The van der Waals surface area contributed by atoms with E-state index in [1.54, 1.807) is 6.07 Å². The topological polar surface area (TPSA) is 63.3 Å². The molecule has 3 N–H and O–H groups in total. The minimum absolute atomic E-state index is 0.0608. The number of aliphatic hydroxyl groups is 1. The van der Waals surface area contributed by atoms with E-state index in [9.17, 15) is 9.90 Å². The Labute approximate surface area is 99.2 Å². The second kappa shape index (κ2) is 4.29. The molecule has 0 aromatic heterocycles. The van der Waals surface area contributed by atoms with Gasteiger partial charge in [-0.15, -0.1) is 0 Å². The maximum absolute atomic E-state index is 11.1. The van der Waals surface area contributed by atoms with Crippen molar-refractivity contribution >= 4 is 22.4 Å². The lowest BCUT2D eigenvalue weighted by Crippen LogP contribution is -2.13. The van der Waals surface area contributed by atoms with Crippen LogP contribution in [0.3, 0.4) is 0 Å². The van der Waals surface area contributed by atoms with Gasteiger partial charge in [-0.3, -0.25) is 4.79 Å². The number of rotatable bonds is 2. The van der Waals surface area contributed by atoms with Crippen LogP contribution in [0.2, 0.25) is 0 Å². The highest BCUT2D eigenvalue weighted by atomic mass is 16.3. The van der Waals surface area contributed by atoms with Gasteiger partial charge in [0.1, 0.15) is 5.76 Å². The maximum atomic E-state index is 11.1. The first kappa shape index (κ1) is 11.2. The molecule has 2 rings (SSSR count). The van der Waals surface area contributed by atoms with E-state index in [0.717, 1.165) is 10.8 Å². The molecule has 0 aliphatic heterocycles. The van der Waals surface area contributed by atoms with Gasteiger partial charge in [-0.1, -0.05) is 42.5 Å². The Kier molecular flexibility index (Phi) is 2.83. The first-order valence-corrected chi connectivity index (χ1v) is 5.29. The normalized spacial score (nSPS) is 12.3. The predicted octanol–water partition coefficient (Wildman–Crippen LogP) is 2.61. The fraction of sp³-hybridized carbons (Fsp3) is 0.0714. The van der Waals surface area contributed by atoms with E-state index in [1.165, 1.54) is 6.92 Å². The first-order valence-electron chi connectivity index (χ1n) is 5.29. The zero-order valence-electron chi connectivity index (χ0n) is 9.47. The van der Waals surface area contributed by atoms with Gasteiger partial charge in [0.05, 0.1) is 5.57 Å². The van der Waals surface area contributed by atoms with Crippen molar-refractivity contribution in [2.75, 3.05) is 0 Å². The molecule has 0 spiro atoms. The molecule has 3 heteroatoms. The summed E-state index contributed by atoms with van der Waals surface area (Å²) in [7, 11) is 0. The van der Waals surface area contributed by atoms with Gasteiger partial charge in [-0.25, -0.2) is 0 Å². The van der Waals surface area contributed by atoms with E-state index in [0.29, 0.717) is 5.56 Å². The number of benzene rings is 2. The van der Waals surface area contributed by atoms with E-state index in [-0.39, 0.29) is 11.3 Å². The molecule has 17 heavy (non-hydrogen) atoms. The Balaban J connectivity index is 2.72. The van der Waals surface area contributed by atoms with Crippen LogP contribution in [0, 0.1) is 0 Å². The number of fused-ring (bicyclic) bond motifs is 1. The Morgan fingerprint density at radius 2 is 1.76 bits per heavy atom. The summed E-state index contributed by atoms with van der Waals surface area (Å²) >= 11 is 0. The van der Waals surface area contributed by atoms with Crippen molar-refractivity contribution in [2.45, 2.75) is 6.92 Å². The van der Waals surface area contributed by atoms with Gasteiger partial charge < -0.3 is 10.8 Å². The molecule has 0 fully saturated rings. The van der Waals surface area contributed by atoms with Crippen molar-refractivity contribution in [1.82, 2.24) is 0 Å². The van der Waals surface area contributed by atoms with Crippen LogP contribution in [0.5, 0.6) is 0 Å². The van der Waals surface area contributed by atoms with E-state index in [1.807, 2.05) is 36.4 Å². The SMILES string of the molecule is CC(C(N)=O)=C(O)c1cccc2ccccc12. The molecule has 2 aromatic carbocycles. The van der Waals surface area contributed by atoms with Crippen LogP contribution in [-0.2, 0) is 4.79 Å². The molecule has 0 saturated carbocycles. The first-order chi connectivity index (χ1) is 8.11. The van der Waals surface area contributed by atoms with E-state index in [4.69, 9.17) is 5.73 Å². The third-order valence-electron chi connectivity index (χ3n) is 2.77. The van der Waals surface area contributed by atoms with Crippen LogP contribution in [0.15, 0.2) is 48.0 Å². The maximum Gasteiger partial charge on any atom is 0.248 e. The van der Waals surface area contributed by atoms with Gasteiger partial charge in [0.25, 0.3) is 0 Å². The van der Waals surface area contributed by atoms with Crippen molar-refractivity contribution in [1.29, 1.82) is 0 Å². The highest BCUT2D eigenvalue weighted by Gasteiger charge is 2.11. The van der Waals surface area contributed by atoms with Crippen LogP contribution in [-0.4, -0.2) is 11.0 Å².